The third-order valence-corrected chi connectivity index (χ3v) is 4.14. The van der Waals surface area contributed by atoms with E-state index < -0.39 is 6.09 Å². The summed E-state index contributed by atoms with van der Waals surface area (Å²) < 4.78 is 5.22. The van der Waals surface area contributed by atoms with E-state index in [2.05, 4.69) is 10.6 Å². The number of carbonyl (C=O) groups excluding carboxylic acids is 2. The number of hydrogen-bond acceptors (Lipinski definition) is 3. The molecule has 0 spiro atoms. The fraction of sp³-hybridized carbons (Fsp3) is 0.529. The zero-order valence-electron chi connectivity index (χ0n) is 13.0. The van der Waals surface area contributed by atoms with Crippen LogP contribution in [0.4, 0.5) is 4.79 Å². The SMILES string of the molecule is CC(=O)NCC1CCCCC1CNC(=O)Oc1ccccc1. The molecule has 1 aromatic carbocycles. The Bertz CT molecular complexity index is 490. The van der Waals surface area contributed by atoms with Crippen molar-refractivity contribution in [3.8, 4) is 5.75 Å². The van der Waals surface area contributed by atoms with Crippen molar-refractivity contribution < 1.29 is 14.3 Å². The Morgan fingerprint density at radius 3 is 2.23 bits per heavy atom. The molecule has 2 atom stereocenters. The highest BCUT2D eigenvalue weighted by Gasteiger charge is 2.25. The molecule has 0 bridgehead atoms. The molecule has 22 heavy (non-hydrogen) atoms. The molecule has 0 aromatic heterocycles. The summed E-state index contributed by atoms with van der Waals surface area (Å²) in [5.74, 6) is 1.36. The second kappa shape index (κ2) is 8.41. The number of ether oxygens (including phenoxy) is 1. The third kappa shape index (κ3) is 5.39. The van der Waals surface area contributed by atoms with E-state index in [9.17, 15) is 9.59 Å². The topological polar surface area (TPSA) is 67.4 Å². The van der Waals surface area contributed by atoms with Gasteiger partial charge in [0.2, 0.25) is 5.91 Å². The van der Waals surface area contributed by atoms with Gasteiger partial charge in [0, 0.05) is 20.0 Å². The van der Waals surface area contributed by atoms with Gasteiger partial charge < -0.3 is 15.4 Å². The van der Waals surface area contributed by atoms with Gasteiger partial charge in [-0.05, 0) is 36.8 Å². The molecule has 1 saturated carbocycles. The van der Waals surface area contributed by atoms with Crippen molar-refractivity contribution in [2.45, 2.75) is 32.6 Å². The standard InChI is InChI=1S/C17H24N2O3/c1-13(20)18-11-14-7-5-6-8-15(14)12-19-17(21)22-16-9-3-2-4-10-16/h2-4,9-10,14-15H,5-8,11-12H2,1H3,(H,18,20)(H,19,21). The molecule has 2 N–H and O–H groups in total. The fourth-order valence-electron chi connectivity index (χ4n) is 2.94. The van der Waals surface area contributed by atoms with Crippen molar-refractivity contribution in [2.24, 2.45) is 11.8 Å². The van der Waals surface area contributed by atoms with E-state index in [1.807, 2.05) is 18.2 Å². The van der Waals surface area contributed by atoms with Crippen LogP contribution in [-0.4, -0.2) is 25.1 Å². The minimum atomic E-state index is -0.421. The number of carbonyl (C=O) groups is 2. The van der Waals surface area contributed by atoms with Gasteiger partial charge >= 0.3 is 6.09 Å². The number of amides is 2. The summed E-state index contributed by atoms with van der Waals surface area (Å²) in [6.45, 7) is 2.82. The van der Waals surface area contributed by atoms with Crippen molar-refractivity contribution in [3.05, 3.63) is 30.3 Å². The van der Waals surface area contributed by atoms with Gasteiger partial charge in [-0.25, -0.2) is 4.79 Å². The molecule has 2 rings (SSSR count). The first kappa shape index (κ1) is 16.3. The Hall–Kier alpha value is -2.04. The first-order valence-corrected chi connectivity index (χ1v) is 7.90. The van der Waals surface area contributed by atoms with E-state index in [1.54, 1.807) is 12.1 Å². The van der Waals surface area contributed by atoms with Crippen molar-refractivity contribution in [3.63, 3.8) is 0 Å². The van der Waals surface area contributed by atoms with Crippen LogP contribution in [0.5, 0.6) is 5.75 Å². The van der Waals surface area contributed by atoms with Crippen LogP contribution in [0.15, 0.2) is 30.3 Å². The first-order chi connectivity index (χ1) is 10.6. The molecule has 2 unspecified atom stereocenters. The lowest BCUT2D eigenvalue weighted by atomic mass is 9.79. The second-order valence-corrected chi connectivity index (χ2v) is 5.83. The molecule has 0 saturated heterocycles. The summed E-state index contributed by atoms with van der Waals surface area (Å²) in [6.07, 6.45) is 4.12. The average Bonchev–Trinajstić information content (AvgIpc) is 2.52. The van der Waals surface area contributed by atoms with Crippen LogP contribution >= 0.6 is 0 Å². The molecular formula is C17H24N2O3. The van der Waals surface area contributed by atoms with E-state index in [0.29, 0.717) is 30.7 Å². The number of para-hydroxylation sites is 1. The van der Waals surface area contributed by atoms with Gasteiger partial charge in [0.25, 0.3) is 0 Å². The Labute approximate surface area is 131 Å². The zero-order valence-corrected chi connectivity index (χ0v) is 13.0. The Morgan fingerprint density at radius 2 is 1.64 bits per heavy atom. The average molecular weight is 304 g/mol. The minimum absolute atomic E-state index is 0.000713. The Morgan fingerprint density at radius 1 is 1.05 bits per heavy atom. The summed E-state index contributed by atoms with van der Waals surface area (Å²) in [4.78, 5) is 22.9. The lowest BCUT2D eigenvalue weighted by Gasteiger charge is -2.31. The quantitative estimate of drug-likeness (QED) is 0.879. The highest BCUT2D eigenvalue weighted by molar-refractivity contribution is 5.72. The predicted molar refractivity (Wildman–Crippen MR) is 84.6 cm³/mol. The molecule has 5 heteroatoms. The molecule has 1 aliphatic rings. The van der Waals surface area contributed by atoms with Crippen molar-refractivity contribution in [1.82, 2.24) is 10.6 Å². The summed E-state index contributed by atoms with van der Waals surface area (Å²) in [7, 11) is 0. The predicted octanol–water partition coefficient (Wildman–Crippen LogP) is 2.72. The molecule has 5 nitrogen and oxygen atoms in total. The summed E-state index contributed by atoms with van der Waals surface area (Å²) >= 11 is 0. The number of rotatable bonds is 5. The zero-order chi connectivity index (χ0) is 15.8. The second-order valence-electron chi connectivity index (χ2n) is 5.83. The molecular weight excluding hydrogens is 280 g/mol. The smallest absolute Gasteiger partial charge is 0.410 e. The van der Waals surface area contributed by atoms with Gasteiger partial charge in [-0.15, -0.1) is 0 Å². The minimum Gasteiger partial charge on any atom is -0.410 e. The summed E-state index contributed by atoms with van der Waals surface area (Å²) in [5.41, 5.74) is 0. The van der Waals surface area contributed by atoms with Gasteiger partial charge in [0.15, 0.2) is 0 Å². The maximum atomic E-state index is 11.8. The maximum absolute atomic E-state index is 11.8. The van der Waals surface area contributed by atoms with Gasteiger partial charge in [0.05, 0.1) is 0 Å². The summed E-state index contributed by atoms with van der Waals surface area (Å²) in [5, 5.41) is 5.73. The van der Waals surface area contributed by atoms with Gasteiger partial charge in [-0.2, -0.15) is 0 Å². The van der Waals surface area contributed by atoms with Crippen LogP contribution in [0.25, 0.3) is 0 Å². The maximum Gasteiger partial charge on any atom is 0.412 e. The highest BCUT2D eigenvalue weighted by atomic mass is 16.6. The van der Waals surface area contributed by atoms with Crippen LogP contribution in [0.1, 0.15) is 32.6 Å². The van der Waals surface area contributed by atoms with Crippen LogP contribution in [-0.2, 0) is 4.79 Å². The number of nitrogens with one attached hydrogen (secondary N) is 2. The van der Waals surface area contributed by atoms with Gasteiger partial charge in [-0.3, -0.25) is 4.79 Å². The van der Waals surface area contributed by atoms with E-state index in [1.165, 1.54) is 19.8 Å². The lowest BCUT2D eigenvalue weighted by molar-refractivity contribution is -0.119. The molecule has 1 fully saturated rings. The monoisotopic (exact) mass is 304 g/mol. The molecule has 1 aromatic rings. The number of benzene rings is 1. The van der Waals surface area contributed by atoms with Crippen LogP contribution < -0.4 is 15.4 Å². The van der Waals surface area contributed by atoms with Crippen LogP contribution in [0.3, 0.4) is 0 Å². The Balaban J connectivity index is 1.77. The molecule has 2 amide bonds. The molecule has 0 aliphatic heterocycles. The molecule has 0 heterocycles. The van der Waals surface area contributed by atoms with Gasteiger partial charge in [-0.1, -0.05) is 31.0 Å². The van der Waals surface area contributed by atoms with E-state index in [0.717, 1.165) is 12.8 Å². The fourth-order valence-corrected chi connectivity index (χ4v) is 2.94. The van der Waals surface area contributed by atoms with E-state index >= 15 is 0 Å². The summed E-state index contributed by atoms with van der Waals surface area (Å²) in [6, 6.07) is 9.03. The van der Waals surface area contributed by atoms with Crippen LogP contribution in [0.2, 0.25) is 0 Å². The molecule has 120 valence electrons. The van der Waals surface area contributed by atoms with Gasteiger partial charge in [0.1, 0.15) is 5.75 Å². The van der Waals surface area contributed by atoms with Crippen molar-refractivity contribution >= 4 is 12.0 Å². The molecule has 0 radical (unpaired) electrons. The molecule has 1 aliphatic carbocycles. The van der Waals surface area contributed by atoms with Crippen molar-refractivity contribution in [1.29, 1.82) is 0 Å². The highest BCUT2D eigenvalue weighted by Crippen LogP contribution is 2.29. The largest absolute Gasteiger partial charge is 0.412 e. The Kier molecular flexibility index (Phi) is 6.25. The van der Waals surface area contributed by atoms with Crippen LogP contribution in [0, 0.1) is 11.8 Å². The third-order valence-electron chi connectivity index (χ3n) is 4.14. The number of hydrogen-bond donors (Lipinski definition) is 2. The van der Waals surface area contributed by atoms with E-state index in [-0.39, 0.29) is 5.91 Å². The van der Waals surface area contributed by atoms with Crippen molar-refractivity contribution in [2.75, 3.05) is 13.1 Å². The lowest BCUT2D eigenvalue weighted by Crippen LogP contribution is -2.39. The first-order valence-electron chi connectivity index (χ1n) is 7.90. The normalized spacial score (nSPS) is 21.0. The van der Waals surface area contributed by atoms with E-state index in [4.69, 9.17) is 4.74 Å².